The number of rotatable bonds is 7. The fourth-order valence-corrected chi connectivity index (χ4v) is 3.05. The molecule has 24 heavy (non-hydrogen) atoms. The van der Waals surface area contributed by atoms with Gasteiger partial charge in [0.05, 0.1) is 16.7 Å². The van der Waals surface area contributed by atoms with Crippen LogP contribution in [0.1, 0.15) is 46.5 Å². The van der Waals surface area contributed by atoms with Crippen molar-refractivity contribution < 1.29 is 9.59 Å². The summed E-state index contributed by atoms with van der Waals surface area (Å²) >= 11 is 1.60. The van der Waals surface area contributed by atoms with E-state index in [9.17, 15) is 9.59 Å². The van der Waals surface area contributed by atoms with Crippen molar-refractivity contribution in [2.24, 2.45) is 5.73 Å². The van der Waals surface area contributed by atoms with Gasteiger partial charge in [-0.3, -0.25) is 4.79 Å². The number of thiazole rings is 1. The first kappa shape index (κ1) is 17.9. The highest BCUT2D eigenvalue weighted by molar-refractivity contribution is 7.09. The maximum atomic E-state index is 11.9. The molecule has 0 spiro atoms. The number of hydrogen-bond acceptors (Lipinski definition) is 4. The summed E-state index contributed by atoms with van der Waals surface area (Å²) in [6, 6.07) is 6.72. The van der Waals surface area contributed by atoms with E-state index in [-0.39, 0.29) is 12.1 Å². The molecule has 0 aliphatic heterocycles. The molecule has 2 rings (SSSR count). The zero-order valence-electron chi connectivity index (χ0n) is 13.8. The number of amides is 3. The lowest BCUT2D eigenvalue weighted by atomic mass is 10.1. The first-order valence-corrected chi connectivity index (χ1v) is 8.75. The van der Waals surface area contributed by atoms with Gasteiger partial charge in [-0.15, -0.1) is 11.3 Å². The van der Waals surface area contributed by atoms with Gasteiger partial charge >= 0.3 is 6.03 Å². The highest BCUT2D eigenvalue weighted by atomic mass is 32.1. The number of urea groups is 1. The third-order valence-corrected chi connectivity index (χ3v) is 4.59. The monoisotopic (exact) mass is 346 g/mol. The Balaban J connectivity index is 1.78. The predicted octanol–water partition coefficient (Wildman–Crippen LogP) is 2.41. The molecule has 0 bridgehead atoms. The summed E-state index contributed by atoms with van der Waals surface area (Å²) in [4.78, 5) is 27.6. The van der Waals surface area contributed by atoms with Crippen LogP contribution in [0.3, 0.4) is 0 Å². The first-order valence-electron chi connectivity index (χ1n) is 7.87. The van der Waals surface area contributed by atoms with Crippen LogP contribution in [-0.4, -0.2) is 23.5 Å². The SMILES string of the molecule is CCc1nc(C(C)NC(=O)NCCc2cccc(C(N)=O)c2)cs1. The summed E-state index contributed by atoms with van der Waals surface area (Å²) in [6.45, 7) is 4.43. The maximum Gasteiger partial charge on any atom is 0.315 e. The molecule has 2 aromatic rings. The van der Waals surface area contributed by atoms with Crippen LogP contribution >= 0.6 is 11.3 Å². The molecule has 6 nitrogen and oxygen atoms in total. The molecular weight excluding hydrogens is 324 g/mol. The van der Waals surface area contributed by atoms with Crippen LogP contribution in [0.5, 0.6) is 0 Å². The molecule has 0 saturated heterocycles. The largest absolute Gasteiger partial charge is 0.366 e. The second-order valence-corrected chi connectivity index (χ2v) is 6.40. The standard InChI is InChI=1S/C17H22N4O2S/c1-3-15-21-14(10-24-15)11(2)20-17(23)19-8-7-12-5-4-6-13(9-12)16(18)22/h4-6,9-11H,3,7-8H2,1-2H3,(H2,18,22)(H2,19,20,23). The second-order valence-electron chi connectivity index (χ2n) is 5.46. The van der Waals surface area contributed by atoms with Crippen LogP contribution in [0, 0.1) is 0 Å². The van der Waals surface area contributed by atoms with Crippen LogP contribution in [-0.2, 0) is 12.8 Å². The summed E-state index contributed by atoms with van der Waals surface area (Å²) < 4.78 is 0. The van der Waals surface area contributed by atoms with E-state index in [1.807, 2.05) is 18.4 Å². The Morgan fingerprint density at radius 1 is 1.38 bits per heavy atom. The molecule has 4 N–H and O–H groups in total. The fourth-order valence-electron chi connectivity index (χ4n) is 2.21. The van der Waals surface area contributed by atoms with Crippen LogP contribution in [0.4, 0.5) is 4.79 Å². The Labute approximate surface area is 145 Å². The van der Waals surface area contributed by atoms with Crippen LogP contribution in [0.25, 0.3) is 0 Å². The van der Waals surface area contributed by atoms with Crippen molar-refractivity contribution >= 4 is 23.3 Å². The van der Waals surface area contributed by atoms with Crippen molar-refractivity contribution in [3.8, 4) is 0 Å². The minimum atomic E-state index is -0.453. The van der Waals surface area contributed by atoms with Gasteiger partial charge in [-0.25, -0.2) is 9.78 Å². The van der Waals surface area contributed by atoms with Crippen molar-refractivity contribution in [3.63, 3.8) is 0 Å². The van der Waals surface area contributed by atoms with Crippen LogP contribution < -0.4 is 16.4 Å². The molecular formula is C17H22N4O2S. The highest BCUT2D eigenvalue weighted by Gasteiger charge is 2.12. The Bertz CT molecular complexity index is 714. The van der Waals surface area contributed by atoms with Gasteiger partial charge in [0.15, 0.2) is 0 Å². The van der Waals surface area contributed by atoms with Gasteiger partial charge in [-0.05, 0) is 37.5 Å². The quantitative estimate of drug-likeness (QED) is 0.718. The molecule has 1 atom stereocenters. The highest BCUT2D eigenvalue weighted by Crippen LogP contribution is 2.16. The number of nitrogens with one attached hydrogen (secondary N) is 2. The molecule has 1 aromatic heterocycles. The molecule has 0 saturated carbocycles. The van der Waals surface area contributed by atoms with Crippen LogP contribution in [0.2, 0.25) is 0 Å². The van der Waals surface area contributed by atoms with Crippen molar-refractivity contribution in [2.75, 3.05) is 6.54 Å². The van der Waals surface area contributed by atoms with Gasteiger partial charge in [0.1, 0.15) is 0 Å². The van der Waals surface area contributed by atoms with Crippen molar-refractivity contribution in [1.82, 2.24) is 15.6 Å². The third-order valence-electron chi connectivity index (χ3n) is 3.57. The van der Waals surface area contributed by atoms with E-state index in [0.29, 0.717) is 18.5 Å². The van der Waals surface area contributed by atoms with Crippen LogP contribution in [0.15, 0.2) is 29.6 Å². The molecule has 0 radical (unpaired) electrons. The summed E-state index contributed by atoms with van der Waals surface area (Å²) in [7, 11) is 0. The van der Waals surface area contributed by atoms with Gasteiger partial charge in [0.2, 0.25) is 5.91 Å². The number of carbonyl (C=O) groups is 2. The van der Waals surface area contributed by atoms with E-state index in [1.54, 1.807) is 29.5 Å². The van der Waals surface area contributed by atoms with E-state index in [2.05, 4.69) is 22.5 Å². The van der Waals surface area contributed by atoms with Gasteiger partial charge < -0.3 is 16.4 Å². The van der Waals surface area contributed by atoms with E-state index < -0.39 is 5.91 Å². The number of aromatic nitrogens is 1. The van der Waals surface area contributed by atoms with Gasteiger partial charge in [0.25, 0.3) is 0 Å². The summed E-state index contributed by atoms with van der Waals surface area (Å²) in [5.41, 5.74) is 7.56. The average Bonchev–Trinajstić information content (AvgIpc) is 3.04. The summed E-state index contributed by atoms with van der Waals surface area (Å²) in [5.74, 6) is -0.453. The maximum absolute atomic E-state index is 11.9. The van der Waals surface area contributed by atoms with E-state index in [1.165, 1.54) is 0 Å². The Morgan fingerprint density at radius 2 is 2.17 bits per heavy atom. The van der Waals surface area contributed by atoms with Gasteiger partial charge in [-0.1, -0.05) is 19.1 Å². The predicted molar refractivity (Wildman–Crippen MR) is 95.1 cm³/mol. The molecule has 0 aliphatic rings. The number of nitrogens with zero attached hydrogens (tertiary/aromatic N) is 1. The zero-order chi connectivity index (χ0) is 17.5. The molecule has 0 fully saturated rings. The lowest BCUT2D eigenvalue weighted by Crippen LogP contribution is -2.38. The number of carbonyl (C=O) groups excluding carboxylic acids is 2. The molecule has 0 aliphatic carbocycles. The number of nitrogens with two attached hydrogens (primary N) is 1. The van der Waals surface area contributed by atoms with Gasteiger partial charge in [-0.2, -0.15) is 0 Å². The molecule has 128 valence electrons. The van der Waals surface area contributed by atoms with Gasteiger partial charge in [0, 0.05) is 17.5 Å². The minimum absolute atomic E-state index is 0.139. The number of benzene rings is 1. The van der Waals surface area contributed by atoms with E-state index in [0.717, 1.165) is 22.7 Å². The molecule has 1 unspecified atom stereocenters. The van der Waals surface area contributed by atoms with E-state index >= 15 is 0 Å². The van der Waals surface area contributed by atoms with E-state index in [4.69, 9.17) is 5.73 Å². The third kappa shape index (κ3) is 5.06. The zero-order valence-corrected chi connectivity index (χ0v) is 14.7. The molecule has 1 aromatic carbocycles. The normalized spacial score (nSPS) is 11.8. The average molecular weight is 346 g/mol. The van der Waals surface area contributed by atoms with Crippen molar-refractivity contribution in [2.45, 2.75) is 32.7 Å². The lowest BCUT2D eigenvalue weighted by molar-refractivity contribution is 0.1000. The number of aryl methyl sites for hydroxylation is 1. The number of hydrogen-bond donors (Lipinski definition) is 3. The second kappa shape index (κ2) is 8.44. The molecule has 7 heteroatoms. The Kier molecular flexibility index (Phi) is 6.31. The van der Waals surface area contributed by atoms with Crippen molar-refractivity contribution in [1.29, 1.82) is 0 Å². The molecule has 1 heterocycles. The number of primary amides is 1. The fraction of sp³-hybridized carbons (Fsp3) is 0.353. The minimum Gasteiger partial charge on any atom is -0.366 e. The molecule has 3 amide bonds. The Hall–Kier alpha value is -2.41. The lowest BCUT2D eigenvalue weighted by Gasteiger charge is -2.13. The topological polar surface area (TPSA) is 97.1 Å². The summed E-state index contributed by atoms with van der Waals surface area (Å²) in [5, 5.41) is 8.71. The smallest absolute Gasteiger partial charge is 0.315 e. The summed E-state index contributed by atoms with van der Waals surface area (Å²) in [6.07, 6.45) is 1.52. The van der Waals surface area contributed by atoms with Crippen molar-refractivity contribution in [3.05, 3.63) is 51.5 Å². The Morgan fingerprint density at radius 3 is 2.83 bits per heavy atom. The first-order chi connectivity index (χ1) is 11.5.